The van der Waals surface area contributed by atoms with Crippen LogP contribution in [0.4, 0.5) is 0 Å². The summed E-state index contributed by atoms with van der Waals surface area (Å²) in [5.74, 6) is 0.619. The zero-order valence-electron chi connectivity index (χ0n) is 17.1. The number of carbonyl (C=O) groups is 1. The van der Waals surface area contributed by atoms with Gasteiger partial charge in [0.1, 0.15) is 6.10 Å². The standard InChI is InChI=1S/C21H38O3Si/c1-7-8-9-10-11-12-13-16-17-14-20(22)23-18(17)15-19(16)24-25(5,6)21(2,3)4/h12-13,16-19H,7-11,14-15H2,1-6H3/b13-12+/t16-,17-,18?,19+/m1/s1. The van der Waals surface area contributed by atoms with E-state index >= 15 is 0 Å². The van der Waals surface area contributed by atoms with Crippen molar-refractivity contribution in [3.8, 4) is 0 Å². The van der Waals surface area contributed by atoms with E-state index in [9.17, 15) is 4.79 Å². The van der Waals surface area contributed by atoms with E-state index in [1.807, 2.05) is 0 Å². The minimum Gasteiger partial charge on any atom is -0.462 e. The summed E-state index contributed by atoms with van der Waals surface area (Å²) in [5, 5.41) is 0.204. The Hall–Kier alpha value is -0.613. The quantitative estimate of drug-likeness (QED) is 0.234. The Labute approximate surface area is 155 Å². The van der Waals surface area contributed by atoms with Gasteiger partial charge in [-0.25, -0.2) is 0 Å². The number of carbonyl (C=O) groups excluding carboxylic acids is 1. The SMILES string of the molecule is CCCCCC/C=C/[C@H]1[C@@H](O[Si](C)(C)C(C)(C)C)CC2OC(=O)C[C@@H]21. The van der Waals surface area contributed by atoms with E-state index in [2.05, 4.69) is 52.9 Å². The summed E-state index contributed by atoms with van der Waals surface area (Å²) in [5.41, 5.74) is 0. The molecule has 0 bridgehead atoms. The van der Waals surface area contributed by atoms with Crippen molar-refractivity contribution in [2.24, 2.45) is 11.8 Å². The number of hydrogen-bond acceptors (Lipinski definition) is 3. The monoisotopic (exact) mass is 366 g/mol. The summed E-state index contributed by atoms with van der Waals surface area (Å²) in [4.78, 5) is 11.7. The Kier molecular flexibility index (Phi) is 6.94. The van der Waals surface area contributed by atoms with Gasteiger partial charge in [0.2, 0.25) is 0 Å². The molecule has 0 spiro atoms. The van der Waals surface area contributed by atoms with E-state index in [4.69, 9.17) is 9.16 Å². The van der Waals surface area contributed by atoms with Crippen LogP contribution in [0.1, 0.15) is 72.6 Å². The van der Waals surface area contributed by atoms with E-state index in [-0.39, 0.29) is 23.2 Å². The van der Waals surface area contributed by atoms with E-state index in [0.29, 0.717) is 18.3 Å². The Balaban J connectivity index is 2.02. The highest BCUT2D eigenvalue weighted by atomic mass is 28.4. The molecular formula is C21H38O3Si. The maximum atomic E-state index is 11.7. The molecule has 144 valence electrons. The van der Waals surface area contributed by atoms with Gasteiger partial charge >= 0.3 is 5.97 Å². The van der Waals surface area contributed by atoms with Crippen molar-refractivity contribution < 1.29 is 14.0 Å². The Morgan fingerprint density at radius 1 is 1.24 bits per heavy atom. The third-order valence-electron chi connectivity index (χ3n) is 6.39. The molecule has 2 fully saturated rings. The Morgan fingerprint density at radius 3 is 2.60 bits per heavy atom. The van der Waals surface area contributed by atoms with Crippen LogP contribution >= 0.6 is 0 Å². The van der Waals surface area contributed by atoms with Gasteiger partial charge in [-0.15, -0.1) is 0 Å². The topological polar surface area (TPSA) is 35.5 Å². The van der Waals surface area contributed by atoms with Crippen molar-refractivity contribution in [2.75, 3.05) is 0 Å². The van der Waals surface area contributed by atoms with Crippen molar-refractivity contribution in [2.45, 2.75) is 103 Å². The van der Waals surface area contributed by atoms with Crippen LogP contribution in [0.25, 0.3) is 0 Å². The molecule has 0 radical (unpaired) electrons. The molecule has 1 aliphatic heterocycles. The number of rotatable bonds is 8. The summed E-state index contributed by atoms with van der Waals surface area (Å²) < 4.78 is 12.3. The lowest BCUT2D eigenvalue weighted by Gasteiger charge is -2.39. The van der Waals surface area contributed by atoms with Crippen LogP contribution in [0.5, 0.6) is 0 Å². The fourth-order valence-electron chi connectivity index (χ4n) is 3.79. The lowest BCUT2D eigenvalue weighted by Crippen LogP contribution is -2.45. The van der Waals surface area contributed by atoms with E-state index in [1.54, 1.807) is 0 Å². The molecule has 4 heteroatoms. The average molecular weight is 367 g/mol. The predicted molar refractivity (Wildman–Crippen MR) is 106 cm³/mol. The lowest BCUT2D eigenvalue weighted by molar-refractivity contribution is -0.141. The summed E-state index contributed by atoms with van der Waals surface area (Å²) in [6, 6.07) is 0. The van der Waals surface area contributed by atoms with Gasteiger partial charge in [-0.2, -0.15) is 0 Å². The molecule has 0 N–H and O–H groups in total. The van der Waals surface area contributed by atoms with Crippen LogP contribution in [0.15, 0.2) is 12.2 Å². The molecule has 0 aromatic carbocycles. The van der Waals surface area contributed by atoms with Crippen molar-refractivity contribution in [1.29, 1.82) is 0 Å². The number of ether oxygens (including phenoxy) is 1. The van der Waals surface area contributed by atoms with Crippen molar-refractivity contribution in [3.63, 3.8) is 0 Å². The van der Waals surface area contributed by atoms with Gasteiger partial charge in [0, 0.05) is 18.3 Å². The molecule has 1 heterocycles. The smallest absolute Gasteiger partial charge is 0.306 e. The Morgan fingerprint density at radius 2 is 1.96 bits per heavy atom. The molecule has 0 amide bonds. The number of esters is 1. The first-order valence-corrected chi connectivity index (χ1v) is 13.1. The minimum atomic E-state index is -1.82. The van der Waals surface area contributed by atoms with E-state index in [1.165, 1.54) is 25.7 Å². The van der Waals surface area contributed by atoms with Gasteiger partial charge in [0.05, 0.1) is 12.5 Å². The molecule has 1 aliphatic carbocycles. The van der Waals surface area contributed by atoms with E-state index in [0.717, 1.165) is 12.8 Å². The highest BCUT2D eigenvalue weighted by Crippen LogP contribution is 2.47. The first-order valence-electron chi connectivity index (χ1n) is 10.2. The maximum absolute atomic E-state index is 11.7. The summed E-state index contributed by atoms with van der Waals surface area (Å²) >= 11 is 0. The fourth-order valence-corrected chi connectivity index (χ4v) is 5.15. The second-order valence-corrected chi connectivity index (χ2v) is 14.2. The van der Waals surface area contributed by atoms with Crippen LogP contribution in [-0.2, 0) is 14.0 Å². The van der Waals surface area contributed by atoms with Crippen molar-refractivity contribution in [1.82, 2.24) is 0 Å². The van der Waals surface area contributed by atoms with Crippen LogP contribution in [0.3, 0.4) is 0 Å². The van der Waals surface area contributed by atoms with Crippen LogP contribution in [0.2, 0.25) is 18.1 Å². The lowest BCUT2D eigenvalue weighted by atomic mass is 9.91. The number of hydrogen-bond donors (Lipinski definition) is 0. The number of allylic oxidation sites excluding steroid dienone is 1. The third-order valence-corrected chi connectivity index (χ3v) is 10.9. The first kappa shape index (κ1) is 20.7. The highest BCUT2D eigenvalue weighted by molar-refractivity contribution is 6.74. The summed E-state index contributed by atoms with van der Waals surface area (Å²) in [6.45, 7) is 13.7. The van der Waals surface area contributed by atoms with Crippen molar-refractivity contribution >= 4 is 14.3 Å². The average Bonchev–Trinajstić information content (AvgIpc) is 2.98. The van der Waals surface area contributed by atoms with Gasteiger partial charge in [-0.05, 0) is 31.0 Å². The zero-order chi connectivity index (χ0) is 18.7. The van der Waals surface area contributed by atoms with Gasteiger partial charge in [-0.1, -0.05) is 59.1 Å². The normalized spacial score (nSPS) is 30.1. The second kappa shape index (κ2) is 8.39. The van der Waals surface area contributed by atoms with E-state index < -0.39 is 8.32 Å². The van der Waals surface area contributed by atoms with Gasteiger partial charge in [-0.3, -0.25) is 4.79 Å². The summed E-state index contributed by atoms with van der Waals surface area (Å²) in [7, 11) is -1.82. The maximum Gasteiger partial charge on any atom is 0.306 e. The fraction of sp³-hybridized carbons (Fsp3) is 0.857. The molecule has 1 unspecified atom stereocenters. The van der Waals surface area contributed by atoms with Crippen LogP contribution in [0, 0.1) is 11.8 Å². The molecule has 4 atom stereocenters. The highest BCUT2D eigenvalue weighted by Gasteiger charge is 2.52. The molecule has 0 aromatic rings. The molecule has 25 heavy (non-hydrogen) atoms. The molecule has 3 nitrogen and oxygen atoms in total. The molecule has 1 saturated heterocycles. The molecule has 0 aromatic heterocycles. The predicted octanol–water partition coefficient (Wildman–Crippen LogP) is 5.86. The van der Waals surface area contributed by atoms with Gasteiger partial charge in [0.25, 0.3) is 0 Å². The first-order chi connectivity index (χ1) is 11.7. The Bertz CT molecular complexity index is 478. The second-order valence-electron chi connectivity index (χ2n) is 9.40. The van der Waals surface area contributed by atoms with Gasteiger partial charge in [0.15, 0.2) is 8.32 Å². The zero-order valence-corrected chi connectivity index (χ0v) is 18.1. The van der Waals surface area contributed by atoms with Crippen molar-refractivity contribution in [3.05, 3.63) is 12.2 Å². The summed E-state index contributed by atoms with van der Waals surface area (Å²) in [6.07, 6.45) is 12.7. The van der Waals surface area contributed by atoms with Crippen LogP contribution in [-0.4, -0.2) is 26.5 Å². The number of fused-ring (bicyclic) bond motifs is 1. The van der Waals surface area contributed by atoms with Gasteiger partial charge < -0.3 is 9.16 Å². The minimum absolute atomic E-state index is 0.0258. The molecule has 2 rings (SSSR count). The third kappa shape index (κ3) is 5.19. The molecule has 2 aliphatic rings. The molecule has 1 saturated carbocycles. The largest absolute Gasteiger partial charge is 0.462 e. The molecular weight excluding hydrogens is 328 g/mol. The van der Waals surface area contributed by atoms with Crippen LogP contribution < -0.4 is 0 Å². The number of unbranched alkanes of at least 4 members (excludes halogenated alkanes) is 4.